The van der Waals surface area contributed by atoms with Crippen LogP contribution >= 0.6 is 15.9 Å². The number of nitrogens with zero attached hydrogens (tertiary/aromatic N) is 1. The van der Waals surface area contributed by atoms with Crippen molar-refractivity contribution < 1.29 is 9.63 Å². The normalized spacial score (nSPS) is 23.3. The van der Waals surface area contributed by atoms with Crippen molar-refractivity contribution in [3.05, 3.63) is 0 Å². The largest absolute Gasteiger partial charge is 0.390 e. The minimum atomic E-state index is -0.000394. The second-order valence-corrected chi connectivity index (χ2v) is 2.84. The number of carbonyl (C=O) groups is 1. The van der Waals surface area contributed by atoms with Gasteiger partial charge in [0.25, 0.3) is 0 Å². The molecule has 56 valence electrons. The van der Waals surface area contributed by atoms with Gasteiger partial charge in [-0.25, -0.2) is 0 Å². The van der Waals surface area contributed by atoms with Gasteiger partial charge in [-0.1, -0.05) is 5.16 Å². The van der Waals surface area contributed by atoms with Crippen LogP contribution in [0.5, 0.6) is 0 Å². The van der Waals surface area contributed by atoms with Crippen LogP contribution in [0.25, 0.3) is 0 Å². The van der Waals surface area contributed by atoms with Crippen LogP contribution in [-0.4, -0.2) is 23.7 Å². The maximum absolute atomic E-state index is 9.83. The van der Waals surface area contributed by atoms with Crippen molar-refractivity contribution in [2.75, 3.05) is 6.54 Å². The maximum Gasteiger partial charge on any atom is 0.207 e. The molecule has 0 aromatic carbocycles. The van der Waals surface area contributed by atoms with E-state index in [1.165, 1.54) is 0 Å². The van der Waals surface area contributed by atoms with Crippen LogP contribution in [0.4, 0.5) is 0 Å². The summed E-state index contributed by atoms with van der Waals surface area (Å²) in [5.41, 5.74) is 0. The van der Waals surface area contributed by atoms with E-state index < -0.39 is 0 Å². The molecular weight excluding hydrogens is 200 g/mol. The van der Waals surface area contributed by atoms with Crippen molar-refractivity contribution in [1.29, 1.82) is 0 Å². The van der Waals surface area contributed by atoms with Crippen LogP contribution in [0, 0.1) is 0 Å². The molecular formula is C5H7BrN2O2. The standard InChI is InChI=1S/C5H7BrN2O2/c6-5-1-4(10-8-5)2-7-3-9/h3-4H,1-2H2,(H,7,9). The van der Waals surface area contributed by atoms with Crippen molar-refractivity contribution in [3.63, 3.8) is 0 Å². The van der Waals surface area contributed by atoms with Crippen LogP contribution in [0.3, 0.4) is 0 Å². The number of amides is 1. The van der Waals surface area contributed by atoms with Crippen LogP contribution < -0.4 is 5.32 Å². The van der Waals surface area contributed by atoms with Crippen molar-refractivity contribution in [2.45, 2.75) is 12.5 Å². The molecule has 4 nitrogen and oxygen atoms in total. The zero-order valence-electron chi connectivity index (χ0n) is 5.21. The molecule has 1 atom stereocenters. The summed E-state index contributed by atoms with van der Waals surface area (Å²) in [6, 6.07) is 0. The minimum absolute atomic E-state index is 0.000394. The molecule has 10 heavy (non-hydrogen) atoms. The quantitative estimate of drug-likeness (QED) is 0.673. The summed E-state index contributed by atoms with van der Waals surface area (Å²) < 4.78 is 0.796. The molecule has 0 aromatic rings. The van der Waals surface area contributed by atoms with Crippen molar-refractivity contribution in [3.8, 4) is 0 Å². The summed E-state index contributed by atoms with van der Waals surface area (Å²) in [5.74, 6) is 0. The second-order valence-electron chi connectivity index (χ2n) is 1.93. The van der Waals surface area contributed by atoms with E-state index in [1.807, 2.05) is 0 Å². The molecule has 1 rings (SSSR count). The number of hydrogen-bond acceptors (Lipinski definition) is 3. The fourth-order valence-corrected chi connectivity index (χ4v) is 1.13. The van der Waals surface area contributed by atoms with Gasteiger partial charge < -0.3 is 10.2 Å². The number of oxime groups is 1. The number of carbonyl (C=O) groups excluding carboxylic acids is 1. The third-order valence-electron chi connectivity index (χ3n) is 1.13. The van der Waals surface area contributed by atoms with E-state index >= 15 is 0 Å². The summed E-state index contributed by atoms with van der Waals surface area (Å²) in [6.45, 7) is 0.516. The average Bonchev–Trinajstić information content (AvgIpc) is 2.31. The highest BCUT2D eigenvalue weighted by Crippen LogP contribution is 2.12. The first-order chi connectivity index (χ1) is 4.83. The summed E-state index contributed by atoms with van der Waals surface area (Å²) in [5, 5.41) is 6.16. The SMILES string of the molecule is O=CNCC1CC(Br)=NO1. The molecule has 1 amide bonds. The summed E-state index contributed by atoms with van der Waals surface area (Å²) in [7, 11) is 0. The number of nitrogens with one attached hydrogen (secondary N) is 1. The van der Waals surface area contributed by atoms with Gasteiger partial charge in [-0.05, 0) is 15.9 Å². The zero-order chi connectivity index (χ0) is 7.40. The van der Waals surface area contributed by atoms with E-state index in [9.17, 15) is 4.79 Å². The molecule has 1 aliphatic heterocycles. The Morgan fingerprint density at radius 1 is 2.00 bits per heavy atom. The van der Waals surface area contributed by atoms with Crippen LogP contribution in [0.15, 0.2) is 5.16 Å². The molecule has 5 heteroatoms. The first kappa shape index (κ1) is 7.53. The van der Waals surface area contributed by atoms with Crippen LogP contribution in [0.2, 0.25) is 0 Å². The predicted octanol–water partition coefficient (Wildman–Crippen LogP) is 0.230. The Hall–Kier alpha value is -0.580. The van der Waals surface area contributed by atoms with Gasteiger partial charge in [0.2, 0.25) is 6.41 Å². The molecule has 0 radical (unpaired) electrons. The topological polar surface area (TPSA) is 50.7 Å². The third kappa shape index (κ3) is 1.98. The lowest BCUT2D eigenvalue weighted by atomic mass is 10.3. The van der Waals surface area contributed by atoms with E-state index in [2.05, 4.69) is 26.4 Å². The predicted molar refractivity (Wildman–Crippen MR) is 39.9 cm³/mol. The number of halogens is 1. The van der Waals surface area contributed by atoms with Gasteiger partial charge in [0.1, 0.15) is 4.62 Å². The smallest absolute Gasteiger partial charge is 0.207 e. The van der Waals surface area contributed by atoms with Gasteiger partial charge in [0.05, 0.1) is 6.54 Å². The number of rotatable bonds is 3. The summed E-state index contributed by atoms with van der Waals surface area (Å²) >= 11 is 3.18. The highest BCUT2D eigenvalue weighted by molar-refractivity contribution is 9.18. The van der Waals surface area contributed by atoms with Gasteiger partial charge in [0, 0.05) is 6.42 Å². The molecule has 1 N–H and O–H groups in total. The van der Waals surface area contributed by atoms with E-state index in [1.54, 1.807) is 0 Å². The number of hydrogen-bond donors (Lipinski definition) is 1. The summed E-state index contributed by atoms with van der Waals surface area (Å²) in [4.78, 5) is 14.7. The molecule has 0 spiro atoms. The molecule has 0 saturated heterocycles. The molecule has 1 aliphatic rings. The van der Waals surface area contributed by atoms with E-state index in [4.69, 9.17) is 4.84 Å². The van der Waals surface area contributed by atoms with E-state index in [0.29, 0.717) is 13.0 Å². The Morgan fingerprint density at radius 2 is 2.80 bits per heavy atom. The Balaban J connectivity index is 2.16. The average molecular weight is 207 g/mol. The fourth-order valence-electron chi connectivity index (χ4n) is 0.683. The summed E-state index contributed by atoms with van der Waals surface area (Å²) in [6.07, 6.45) is 1.38. The Morgan fingerprint density at radius 3 is 3.30 bits per heavy atom. The van der Waals surface area contributed by atoms with Gasteiger partial charge in [-0.15, -0.1) is 0 Å². The Bertz CT molecular complexity index is 160. The molecule has 0 saturated carbocycles. The zero-order valence-corrected chi connectivity index (χ0v) is 6.80. The van der Waals surface area contributed by atoms with E-state index in [0.717, 1.165) is 11.0 Å². The lowest BCUT2D eigenvalue weighted by Gasteiger charge is -2.04. The highest BCUT2D eigenvalue weighted by Gasteiger charge is 2.17. The molecule has 1 unspecified atom stereocenters. The highest BCUT2D eigenvalue weighted by atomic mass is 79.9. The van der Waals surface area contributed by atoms with Crippen LogP contribution in [0.1, 0.15) is 6.42 Å². The lowest BCUT2D eigenvalue weighted by Crippen LogP contribution is -2.25. The molecule has 1 heterocycles. The Kier molecular flexibility index (Phi) is 2.68. The van der Waals surface area contributed by atoms with Crippen LogP contribution in [-0.2, 0) is 9.63 Å². The van der Waals surface area contributed by atoms with Gasteiger partial charge in [-0.3, -0.25) is 4.79 Å². The minimum Gasteiger partial charge on any atom is -0.390 e. The molecule has 0 bridgehead atoms. The lowest BCUT2D eigenvalue weighted by molar-refractivity contribution is -0.110. The van der Waals surface area contributed by atoms with Gasteiger partial charge >= 0.3 is 0 Å². The van der Waals surface area contributed by atoms with Crippen molar-refractivity contribution >= 4 is 27.0 Å². The van der Waals surface area contributed by atoms with E-state index in [-0.39, 0.29) is 6.10 Å². The fraction of sp³-hybridized carbons (Fsp3) is 0.600. The van der Waals surface area contributed by atoms with Gasteiger partial charge in [0.15, 0.2) is 6.10 Å². The van der Waals surface area contributed by atoms with Gasteiger partial charge in [-0.2, -0.15) is 0 Å². The molecule has 0 aliphatic carbocycles. The first-order valence-electron chi connectivity index (χ1n) is 2.88. The molecule has 0 aromatic heterocycles. The first-order valence-corrected chi connectivity index (χ1v) is 3.67. The second kappa shape index (κ2) is 3.55. The molecule has 0 fully saturated rings. The van der Waals surface area contributed by atoms with Crippen molar-refractivity contribution in [1.82, 2.24) is 5.32 Å². The maximum atomic E-state index is 9.83. The third-order valence-corrected chi connectivity index (χ3v) is 1.59. The Labute approximate surface area is 66.7 Å². The monoisotopic (exact) mass is 206 g/mol. The van der Waals surface area contributed by atoms with Crippen molar-refractivity contribution in [2.24, 2.45) is 5.16 Å².